The number of esters is 1. The van der Waals surface area contributed by atoms with Crippen molar-refractivity contribution in [2.75, 3.05) is 12.0 Å². The quantitative estimate of drug-likeness (QED) is 0.555. The summed E-state index contributed by atoms with van der Waals surface area (Å²) >= 11 is 4.28. The Hall–Kier alpha value is -0.270. The minimum absolute atomic E-state index is 0.0769. The first-order valence-electron chi connectivity index (χ1n) is 7.69. The summed E-state index contributed by atoms with van der Waals surface area (Å²) in [5, 5.41) is 0.766. The number of nitrogens with zero attached hydrogens (tertiary/aromatic N) is 2. The van der Waals surface area contributed by atoms with Crippen LogP contribution in [0.2, 0.25) is 0 Å². The standard InChI is InChI=1S/C15H24N2O2S3/c1-9(2)11-6-5-10(3)7-12(11)19-13(18)8-21-15-16-14(20-4)17-22-15/h9-12H,5-8H2,1-4H3. The molecule has 124 valence electrons. The molecule has 0 amide bonds. The van der Waals surface area contributed by atoms with E-state index in [9.17, 15) is 4.79 Å². The molecule has 1 saturated carbocycles. The Bertz CT molecular complexity index is 493. The summed E-state index contributed by atoms with van der Waals surface area (Å²) in [6.07, 6.45) is 5.43. The van der Waals surface area contributed by atoms with E-state index < -0.39 is 0 Å². The fourth-order valence-corrected chi connectivity index (χ4v) is 4.90. The summed E-state index contributed by atoms with van der Waals surface area (Å²) in [6, 6.07) is 0. The Morgan fingerprint density at radius 2 is 2.23 bits per heavy atom. The van der Waals surface area contributed by atoms with Crippen LogP contribution in [0.15, 0.2) is 9.50 Å². The van der Waals surface area contributed by atoms with Gasteiger partial charge in [-0.15, -0.1) is 0 Å². The van der Waals surface area contributed by atoms with Crippen LogP contribution in [0.3, 0.4) is 0 Å². The van der Waals surface area contributed by atoms with Gasteiger partial charge in [-0.1, -0.05) is 50.7 Å². The van der Waals surface area contributed by atoms with Crippen LogP contribution >= 0.6 is 35.1 Å². The SMILES string of the molecule is CSc1nsc(SCC(=O)OC2CC(C)CCC2C(C)C)n1. The number of carbonyl (C=O) groups excluding carboxylic acids is 1. The van der Waals surface area contributed by atoms with Gasteiger partial charge in [0.1, 0.15) is 6.10 Å². The Morgan fingerprint density at radius 3 is 2.86 bits per heavy atom. The topological polar surface area (TPSA) is 52.1 Å². The number of aromatic nitrogens is 2. The molecule has 1 aliphatic carbocycles. The van der Waals surface area contributed by atoms with E-state index in [0.29, 0.717) is 23.5 Å². The van der Waals surface area contributed by atoms with Crippen molar-refractivity contribution in [1.82, 2.24) is 9.36 Å². The molecule has 7 heteroatoms. The van der Waals surface area contributed by atoms with Gasteiger partial charge >= 0.3 is 5.97 Å². The second kappa shape index (κ2) is 8.55. The second-order valence-corrected chi connectivity index (χ2v) is 8.94. The largest absolute Gasteiger partial charge is 0.461 e. The first-order valence-corrected chi connectivity index (χ1v) is 10.7. The Balaban J connectivity index is 1.84. The molecule has 3 unspecified atom stereocenters. The third kappa shape index (κ3) is 5.13. The lowest BCUT2D eigenvalue weighted by molar-refractivity contribution is -0.152. The molecule has 1 aliphatic rings. The van der Waals surface area contributed by atoms with Crippen molar-refractivity contribution < 1.29 is 9.53 Å². The lowest BCUT2D eigenvalue weighted by atomic mass is 9.75. The maximum Gasteiger partial charge on any atom is 0.316 e. The summed E-state index contributed by atoms with van der Waals surface area (Å²) in [4.78, 5) is 16.5. The van der Waals surface area contributed by atoms with Crippen LogP contribution in [0.5, 0.6) is 0 Å². The Labute approximate surface area is 145 Å². The summed E-state index contributed by atoms with van der Waals surface area (Å²) < 4.78 is 10.8. The number of ether oxygens (including phenoxy) is 1. The highest BCUT2D eigenvalue weighted by Crippen LogP contribution is 2.35. The van der Waals surface area contributed by atoms with Crippen molar-refractivity contribution in [2.45, 2.75) is 55.6 Å². The molecule has 22 heavy (non-hydrogen) atoms. The first-order chi connectivity index (χ1) is 10.5. The van der Waals surface area contributed by atoms with E-state index >= 15 is 0 Å². The van der Waals surface area contributed by atoms with Crippen LogP contribution in [0.25, 0.3) is 0 Å². The van der Waals surface area contributed by atoms with E-state index in [1.807, 2.05) is 6.26 Å². The van der Waals surface area contributed by atoms with Gasteiger partial charge in [-0.05, 0) is 48.4 Å². The van der Waals surface area contributed by atoms with Crippen LogP contribution < -0.4 is 0 Å². The van der Waals surface area contributed by atoms with Gasteiger partial charge in [0.05, 0.1) is 5.75 Å². The average Bonchev–Trinajstić information content (AvgIpc) is 2.93. The molecule has 1 aromatic rings. The number of rotatable bonds is 6. The van der Waals surface area contributed by atoms with Crippen molar-refractivity contribution in [3.63, 3.8) is 0 Å². The number of hydrogen-bond donors (Lipinski definition) is 0. The zero-order chi connectivity index (χ0) is 16.1. The van der Waals surface area contributed by atoms with Crippen LogP contribution in [-0.4, -0.2) is 33.4 Å². The van der Waals surface area contributed by atoms with Gasteiger partial charge in [-0.3, -0.25) is 4.79 Å². The summed E-state index contributed by atoms with van der Waals surface area (Å²) in [7, 11) is 0. The molecule has 0 radical (unpaired) electrons. The Kier molecular flexibility index (Phi) is 7.02. The van der Waals surface area contributed by atoms with E-state index in [0.717, 1.165) is 22.3 Å². The van der Waals surface area contributed by atoms with Crippen LogP contribution in [0.4, 0.5) is 0 Å². The Morgan fingerprint density at radius 1 is 1.45 bits per heavy atom. The van der Waals surface area contributed by atoms with E-state index in [1.165, 1.54) is 41.5 Å². The minimum Gasteiger partial charge on any atom is -0.461 e. The zero-order valence-corrected chi connectivity index (χ0v) is 16.0. The number of carbonyl (C=O) groups is 1. The summed E-state index contributed by atoms with van der Waals surface area (Å²) in [5.74, 6) is 1.89. The maximum atomic E-state index is 12.1. The van der Waals surface area contributed by atoms with Gasteiger partial charge < -0.3 is 4.74 Å². The van der Waals surface area contributed by atoms with Crippen molar-refractivity contribution in [3.05, 3.63) is 0 Å². The molecule has 0 bridgehead atoms. The van der Waals surface area contributed by atoms with Gasteiger partial charge in [0.15, 0.2) is 4.34 Å². The fraction of sp³-hybridized carbons (Fsp3) is 0.800. The predicted molar refractivity (Wildman–Crippen MR) is 93.6 cm³/mol. The molecule has 0 aromatic carbocycles. The van der Waals surface area contributed by atoms with Gasteiger partial charge in [0.2, 0.25) is 5.16 Å². The lowest BCUT2D eigenvalue weighted by Gasteiger charge is -2.36. The van der Waals surface area contributed by atoms with Crippen molar-refractivity contribution >= 4 is 41.0 Å². The highest BCUT2D eigenvalue weighted by atomic mass is 32.2. The smallest absolute Gasteiger partial charge is 0.316 e. The molecule has 4 nitrogen and oxygen atoms in total. The monoisotopic (exact) mass is 360 g/mol. The lowest BCUT2D eigenvalue weighted by Crippen LogP contribution is -2.36. The molecule has 1 aromatic heterocycles. The molecule has 3 atom stereocenters. The third-order valence-corrected chi connectivity index (χ3v) is 6.60. The normalized spacial score (nSPS) is 25.4. The van der Waals surface area contributed by atoms with Gasteiger partial charge in [-0.25, -0.2) is 4.98 Å². The molecular weight excluding hydrogens is 336 g/mol. The fourth-order valence-electron chi connectivity index (χ4n) is 2.91. The second-order valence-electron chi connectivity index (χ2n) is 6.19. The maximum absolute atomic E-state index is 12.1. The first kappa shape index (κ1) is 18.1. The number of hydrogen-bond acceptors (Lipinski definition) is 7. The van der Waals surface area contributed by atoms with Crippen LogP contribution in [-0.2, 0) is 9.53 Å². The molecule has 0 N–H and O–H groups in total. The molecular formula is C15H24N2O2S3. The van der Waals surface area contributed by atoms with Gasteiger partial charge in [0, 0.05) is 0 Å². The van der Waals surface area contributed by atoms with E-state index in [2.05, 4.69) is 30.1 Å². The molecule has 0 saturated heterocycles. The summed E-state index contributed by atoms with van der Waals surface area (Å²) in [6.45, 7) is 6.69. The van der Waals surface area contributed by atoms with Gasteiger partial charge in [-0.2, -0.15) is 4.37 Å². The predicted octanol–water partition coefficient (Wildman–Crippen LogP) is 4.36. The molecule has 0 spiro atoms. The average molecular weight is 361 g/mol. The molecule has 2 rings (SSSR count). The molecule has 1 fully saturated rings. The van der Waals surface area contributed by atoms with Crippen molar-refractivity contribution in [2.24, 2.45) is 17.8 Å². The van der Waals surface area contributed by atoms with E-state index in [1.54, 1.807) is 0 Å². The highest BCUT2D eigenvalue weighted by molar-refractivity contribution is 8.01. The van der Waals surface area contributed by atoms with E-state index in [-0.39, 0.29) is 12.1 Å². The van der Waals surface area contributed by atoms with Crippen molar-refractivity contribution in [1.29, 1.82) is 0 Å². The minimum atomic E-state index is -0.129. The third-order valence-electron chi connectivity index (χ3n) is 4.13. The summed E-state index contributed by atoms with van der Waals surface area (Å²) in [5.41, 5.74) is 0. The van der Waals surface area contributed by atoms with Crippen molar-refractivity contribution in [3.8, 4) is 0 Å². The van der Waals surface area contributed by atoms with Gasteiger partial charge in [0.25, 0.3) is 0 Å². The zero-order valence-electron chi connectivity index (χ0n) is 13.6. The van der Waals surface area contributed by atoms with E-state index in [4.69, 9.17) is 4.74 Å². The highest BCUT2D eigenvalue weighted by Gasteiger charge is 2.33. The van der Waals surface area contributed by atoms with Crippen LogP contribution in [0, 0.1) is 17.8 Å². The number of thioether (sulfide) groups is 2. The molecule has 0 aliphatic heterocycles. The van der Waals surface area contributed by atoms with Crippen LogP contribution in [0.1, 0.15) is 40.0 Å². The molecule has 1 heterocycles.